The molecule has 1 fully saturated rings. The summed E-state index contributed by atoms with van der Waals surface area (Å²) in [6.45, 7) is 4.05. The molecular weight excluding hydrogens is 192 g/mol. The molecule has 86 valence electrons. The van der Waals surface area contributed by atoms with Crippen LogP contribution < -0.4 is 5.73 Å². The highest BCUT2D eigenvalue weighted by atomic mass is 16.5. The summed E-state index contributed by atoms with van der Waals surface area (Å²) in [7, 11) is 0. The van der Waals surface area contributed by atoms with Crippen LogP contribution in [0, 0.1) is 11.3 Å². The van der Waals surface area contributed by atoms with Gasteiger partial charge in [0.25, 0.3) is 0 Å². The highest BCUT2D eigenvalue weighted by molar-refractivity contribution is 5.00. The lowest BCUT2D eigenvalue weighted by Gasteiger charge is -2.23. The largest absolute Gasteiger partial charge is 0.381 e. The van der Waals surface area contributed by atoms with Crippen LogP contribution in [-0.2, 0) is 9.47 Å². The fourth-order valence-electron chi connectivity index (χ4n) is 1.59. The number of hydrogen-bond donors (Lipinski definition) is 1. The van der Waals surface area contributed by atoms with Gasteiger partial charge in [0, 0.05) is 19.8 Å². The molecule has 0 amide bonds. The van der Waals surface area contributed by atoms with E-state index in [1.807, 2.05) is 0 Å². The third-order valence-electron chi connectivity index (χ3n) is 2.62. The molecule has 0 saturated carbocycles. The molecule has 0 spiro atoms. The van der Waals surface area contributed by atoms with Crippen LogP contribution >= 0.6 is 0 Å². The van der Waals surface area contributed by atoms with Crippen LogP contribution in [0.25, 0.3) is 0 Å². The Morgan fingerprint density at radius 3 is 2.80 bits per heavy atom. The summed E-state index contributed by atoms with van der Waals surface area (Å²) in [4.78, 5) is 0. The Kier molecular flexibility index (Phi) is 5.03. The predicted octanol–water partition coefficient (Wildman–Crippen LogP) is 1.20. The van der Waals surface area contributed by atoms with Gasteiger partial charge in [-0.25, -0.2) is 0 Å². The summed E-state index contributed by atoms with van der Waals surface area (Å²) in [5.41, 5.74) is 4.99. The number of rotatable bonds is 5. The summed E-state index contributed by atoms with van der Waals surface area (Å²) in [6, 6.07) is 2.08. The second-order valence-electron chi connectivity index (χ2n) is 4.32. The van der Waals surface area contributed by atoms with E-state index in [-0.39, 0.29) is 0 Å². The molecule has 0 aliphatic carbocycles. The van der Waals surface area contributed by atoms with Gasteiger partial charge in [0.2, 0.25) is 0 Å². The van der Waals surface area contributed by atoms with E-state index in [1.54, 1.807) is 6.92 Å². The molecule has 1 atom stereocenters. The van der Waals surface area contributed by atoms with E-state index < -0.39 is 5.54 Å². The molecule has 1 rings (SSSR count). The summed E-state index contributed by atoms with van der Waals surface area (Å²) >= 11 is 0. The lowest BCUT2D eigenvalue weighted by atomic mass is 10.00. The molecule has 0 bridgehead atoms. The Labute approximate surface area is 91.3 Å². The van der Waals surface area contributed by atoms with Gasteiger partial charge in [0.1, 0.15) is 5.54 Å². The first-order valence-electron chi connectivity index (χ1n) is 5.53. The van der Waals surface area contributed by atoms with Crippen molar-refractivity contribution in [3.05, 3.63) is 0 Å². The average molecular weight is 212 g/mol. The zero-order valence-electron chi connectivity index (χ0n) is 9.37. The zero-order chi connectivity index (χ0) is 11.1. The molecule has 1 saturated heterocycles. The Morgan fingerprint density at radius 2 is 2.20 bits per heavy atom. The van der Waals surface area contributed by atoms with Crippen LogP contribution in [0.4, 0.5) is 0 Å². The normalized spacial score (nSPS) is 21.9. The van der Waals surface area contributed by atoms with Crippen molar-refractivity contribution in [2.45, 2.75) is 44.2 Å². The van der Waals surface area contributed by atoms with Crippen LogP contribution in [0.2, 0.25) is 0 Å². The first-order valence-corrected chi connectivity index (χ1v) is 5.53. The molecule has 0 aromatic carbocycles. The van der Waals surface area contributed by atoms with E-state index in [2.05, 4.69) is 6.07 Å². The highest BCUT2D eigenvalue weighted by Crippen LogP contribution is 2.12. The molecule has 0 radical (unpaired) electrons. The Bertz CT molecular complexity index is 217. The monoisotopic (exact) mass is 212 g/mol. The molecule has 1 unspecified atom stereocenters. The van der Waals surface area contributed by atoms with Crippen LogP contribution in [0.3, 0.4) is 0 Å². The molecule has 1 aliphatic heterocycles. The quantitative estimate of drug-likeness (QED) is 0.695. The van der Waals surface area contributed by atoms with Gasteiger partial charge in [-0.2, -0.15) is 5.26 Å². The van der Waals surface area contributed by atoms with Crippen molar-refractivity contribution in [1.82, 2.24) is 0 Å². The highest BCUT2D eigenvalue weighted by Gasteiger charge is 2.17. The van der Waals surface area contributed by atoms with Crippen molar-refractivity contribution in [2.75, 3.05) is 19.8 Å². The topological polar surface area (TPSA) is 68.3 Å². The maximum Gasteiger partial charge on any atom is 0.101 e. The van der Waals surface area contributed by atoms with Crippen molar-refractivity contribution in [1.29, 1.82) is 5.26 Å². The molecule has 4 heteroatoms. The van der Waals surface area contributed by atoms with E-state index >= 15 is 0 Å². The van der Waals surface area contributed by atoms with Crippen molar-refractivity contribution in [3.8, 4) is 6.07 Å². The lowest BCUT2D eigenvalue weighted by Crippen LogP contribution is -2.34. The predicted molar refractivity (Wildman–Crippen MR) is 57.2 cm³/mol. The molecular formula is C11H20N2O2. The summed E-state index contributed by atoms with van der Waals surface area (Å²) in [5.74, 6) is 0. The summed E-state index contributed by atoms with van der Waals surface area (Å²) in [6.07, 6.45) is 3.84. The van der Waals surface area contributed by atoms with Crippen molar-refractivity contribution in [2.24, 2.45) is 5.73 Å². The van der Waals surface area contributed by atoms with Crippen molar-refractivity contribution in [3.63, 3.8) is 0 Å². The maximum absolute atomic E-state index is 8.71. The fraction of sp³-hybridized carbons (Fsp3) is 0.909. The molecule has 1 heterocycles. The van der Waals surface area contributed by atoms with Gasteiger partial charge in [-0.05, 0) is 32.6 Å². The van der Waals surface area contributed by atoms with Gasteiger partial charge < -0.3 is 15.2 Å². The van der Waals surface area contributed by atoms with Crippen LogP contribution in [0.15, 0.2) is 0 Å². The number of nitrogens with zero attached hydrogens (tertiary/aromatic N) is 1. The number of nitrogens with two attached hydrogens (primary N) is 1. The smallest absolute Gasteiger partial charge is 0.101 e. The standard InChI is InChI=1S/C11H20N2O2/c1-11(13,9-12)5-2-6-15-10-3-7-14-8-4-10/h10H,2-8,13H2,1H3. The van der Waals surface area contributed by atoms with Crippen LogP contribution in [0.1, 0.15) is 32.6 Å². The number of ether oxygens (including phenoxy) is 2. The Hall–Kier alpha value is -0.630. The van der Waals surface area contributed by atoms with E-state index in [1.165, 1.54) is 0 Å². The van der Waals surface area contributed by atoms with E-state index in [0.29, 0.717) is 19.1 Å². The summed E-state index contributed by atoms with van der Waals surface area (Å²) in [5, 5.41) is 8.71. The molecule has 0 aromatic heterocycles. The zero-order valence-corrected chi connectivity index (χ0v) is 9.37. The van der Waals surface area contributed by atoms with E-state index in [0.717, 1.165) is 32.5 Å². The molecule has 0 aromatic rings. The van der Waals surface area contributed by atoms with Gasteiger partial charge in [-0.1, -0.05) is 0 Å². The van der Waals surface area contributed by atoms with Gasteiger partial charge in [0.05, 0.1) is 12.2 Å². The average Bonchev–Trinajstić information content (AvgIpc) is 2.26. The maximum atomic E-state index is 8.71. The number of hydrogen-bond acceptors (Lipinski definition) is 4. The van der Waals surface area contributed by atoms with Crippen LogP contribution in [0.5, 0.6) is 0 Å². The van der Waals surface area contributed by atoms with E-state index in [4.69, 9.17) is 20.5 Å². The third-order valence-corrected chi connectivity index (χ3v) is 2.62. The minimum absolute atomic E-state index is 0.338. The van der Waals surface area contributed by atoms with Gasteiger partial charge >= 0.3 is 0 Å². The second kappa shape index (κ2) is 6.06. The van der Waals surface area contributed by atoms with Gasteiger partial charge in [-0.15, -0.1) is 0 Å². The van der Waals surface area contributed by atoms with Gasteiger partial charge in [-0.3, -0.25) is 0 Å². The minimum Gasteiger partial charge on any atom is -0.381 e. The fourth-order valence-corrected chi connectivity index (χ4v) is 1.59. The Morgan fingerprint density at radius 1 is 1.53 bits per heavy atom. The Balaban J connectivity index is 2.04. The molecule has 2 N–H and O–H groups in total. The first-order chi connectivity index (χ1) is 7.14. The first kappa shape index (κ1) is 12.4. The minimum atomic E-state index is -0.709. The molecule has 4 nitrogen and oxygen atoms in total. The number of nitriles is 1. The second-order valence-corrected chi connectivity index (χ2v) is 4.32. The van der Waals surface area contributed by atoms with Crippen molar-refractivity contribution < 1.29 is 9.47 Å². The molecule has 15 heavy (non-hydrogen) atoms. The summed E-state index contributed by atoms with van der Waals surface area (Å²) < 4.78 is 10.9. The van der Waals surface area contributed by atoms with Crippen LogP contribution in [-0.4, -0.2) is 31.5 Å². The molecule has 1 aliphatic rings. The SMILES string of the molecule is CC(N)(C#N)CCCOC1CCOCC1. The van der Waals surface area contributed by atoms with Crippen molar-refractivity contribution >= 4 is 0 Å². The lowest BCUT2D eigenvalue weighted by molar-refractivity contribution is -0.0331. The third kappa shape index (κ3) is 5.12. The van der Waals surface area contributed by atoms with Gasteiger partial charge in [0.15, 0.2) is 0 Å². The van der Waals surface area contributed by atoms with E-state index in [9.17, 15) is 0 Å².